The zero-order valence-corrected chi connectivity index (χ0v) is 19.4. The Balaban J connectivity index is 1.28. The molecular formula is C24H27ClN6O2. The molecule has 0 spiro atoms. The number of hydrogen-bond donors (Lipinski definition) is 0. The molecule has 2 saturated heterocycles. The molecule has 3 aromatic rings. The average Bonchev–Trinajstić information content (AvgIpc) is 2.86. The summed E-state index contributed by atoms with van der Waals surface area (Å²) in [6, 6.07) is 11.5. The molecule has 0 unspecified atom stereocenters. The van der Waals surface area contributed by atoms with E-state index in [0.29, 0.717) is 36.6 Å². The number of pyridine rings is 1. The Morgan fingerprint density at radius 2 is 1.88 bits per heavy atom. The van der Waals surface area contributed by atoms with E-state index in [2.05, 4.69) is 20.9 Å². The molecule has 172 valence electrons. The minimum atomic E-state index is -0.176. The number of benzene rings is 1. The fourth-order valence-corrected chi connectivity index (χ4v) is 5.02. The van der Waals surface area contributed by atoms with E-state index in [4.69, 9.17) is 11.6 Å². The number of rotatable bonds is 3. The summed E-state index contributed by atoms with van der Waals surface area (Å²) in [6.07, 6.45) is 3.35. The van der Waals surface area contributed by atoms with Crippen molar-refractivity contribution in [3.8, 4) is 0 Å². The normalized spacial score (nSPS) is 19.2. The molecule has 1 aromatic carbocycles. The number of fused-ring (bicyclic) bond motifs is 1. The van der Waals surface area contributed by atoms with Gasteiger partial charge < -0.3 is 14.7 Å². The molecule has 33 heavy (non-hydrogen) atoms. The van der Waals surface area contributed by atoms with Crippen LogP contribution in [0.15, 0.2) is 47.4 Å². The molecule has 2 aliphatic rings. The number of halogens is 1. The molecular weight excluding hydrogens is 440 g/mol. The lowest BCUT2D eigenvalue weighted by atomic mass is 9.96. The molecule has 9 heteroatoms. The molecule has 0 bridgehead atoms. The summed E-state index contributed by atoms with van der Waals surface area (Å²) in [4.78, 5) is 41.4. The van der Waals surface area contributed by atoms with E-state index in [1.807, 2.05) is 40.1 Å². The maximum Gasteiger partial charge on any atom is 0.294 e. The third-order valence-corrected chi connectivity index (χ3v) is 6.88. The number of aryl methyl sites for hydroxylation is 1. The summed E-state index contributed by atoms with van der Waals surface area (Å²) in [5.41, 5.74) is 2.16. The zero-order chi connectivity index (χ0) is 22.9. The molecule has 2 aliphatic heterocycles. The number of nitrogens with zero attached hydrogens (tertiary/aromatic N) is 6. The quantitative estimate of drug-likeness (QED) is 0.590. The Kier molecular flexibility index (Phi) is 5.93. The second-order valence-electron chi connectivity index (χ2n) is 8.72. The van der Waals surface area contributed by atoms with Crippen LogP contribution in [0.3, 0.4) is 0 Å². The third kappa shape index (κ3) is 4.27. The van der Waals surface area contributed by atoms with Crippen LogP contribution in [0.5, 0.6) is 0 Å². The number of aromatic nitrogens is 3. The average molecular weight is 467 g/mol. The van der Waals surface area contributed by atoms with E-state index in [-0.39, 0.29) is 17.4 Å². The van der Waals surface area contributed by atoms with Gasteiger partial charge >= 0.3 is 0 Å². The maximum absolute atomic E-state index is 13.3. The monoisotopic (exact) mass is 466 g/mol. The summed E-state index contributed by atoms with van der Waals surface area (Å²) >= 11 is 6.13. The maximum atomic E-state index is 13.3. The first-order valence-corrected chi connectivity index (χ1v) is 11.7. The van der Waals surface area contributed by atoms with Crippen LogP contribution in [-0.4, -0.2) is 64.6 Å². The third-order valence-electron chi connectivity index (χ3n) is 6.64. The number of piperazine rings is 1. The van der Waals surface area contributed by atoms with E-state index in [1.165, 1.54) is 4.57 Å². The molecule has 0 radical (unpaired) electrons. The van der Waals surface area contributed by atoms with Gasteiger partial charge in [-0.2, -0.15) is 0 Å². The topological polar surface area (TPSA) is 74.6 Å². The molecule has 2 aromatic heterocycles. The number of amides is 1. The van der Waals surface area contributed by atoms with Gasteiger partial charge in [-0.25, -0.2) is 9.97 Å². The predicted octanol–water partition coefficient (Wildman–Crippen LogP) is 2.55. The van der Waals surface area contributed by atoms with Crippen molar-refractivity contribution in [3.63, 3.8) is 0 Å². The Bertz CT molecular complexity index is 1240. The molecule has 8 nitrogen and oxygen atoms in total. The highest BCUT2D eigenvalue weighted by Gasteiger charge is 2.32. The molecule has 1 amide bonds. The van der Waals surface area contributed by atoms with Gasteiger partial charge in [0, 0.05) is 63.2 Å². The van der Waals surface area contributed by atoms with E-state index in [1.54, 1.807) is 13.2 Å². The summed E-state index contributed by atoms with van der Waals surface area (Å²) in [5, 5.41) is 0.720. The van der Waals surface area contributed by atoms with Gasteiger partial charge in [-0.1, -0.05) is 17.7 Å². The van der Waals surface area contributed by atoms with Gasteiger partial charge in [0.1, 0.15) is 5.52 Å². The minimum absolute atomic E-state index is 0.132. The van der Waals surface area contributed by atoms with Crippen molar-refractivity contribution < 1.29 is 4.79 Å². The van der Waals surface area contributed by atoms with Crippen LogP contribution in [0.2, 0.25) is 5.02 Å². The smallest absolute Gasteiger partial charge is 0.294 e. The van der Waals surface area contributed by atoms with Crippen LogP contribution in [0.4, 0.5) is 11.5 Å². The molecule has 0 N–H and O–H groups in total. The predicted molar refractivity (Wildman–Crippen MR) is 130 cm³/mol. The second-order valence-corrected chi connectivity index (χ2v) is 9.16. The lowest BCUT2D eigenvalue weighted by Crippen LogP contribution is -2.53. The lowest BCUT2D eigenvalue weighted by Gasteiger charge is -2.40. The minimum Gasteiger partial charge on any atom is -0.368 e. The van der Waals surface area contributed by atoms with Gasteiger partial charge in [0.15, 0.2) is 11.5 Å². The number of carbonyl (C=O) groups excluding carboxylic acids is 1. The highest BCUT2D eigenvalue weighted by molar-refractivity contribution is 6.30. The van der Waals surface area contributed by atoms with E-state index < -0.39 is 0 Å². The Morgan fingerprint density at radius 1 is 1.06 bits per heavy atom. The van der Waals surface area contributed by atoms with Crippen molar-refractivity contribution in [1.29, 1.82) is 0 Å². The molecule has 2 fully saturated rings. The van der Waals surface area contributed by atoms with Crippen LogP contribution in [0.25, 0.3) is 11.2 Å². The van der Waals surface area contributed by atoms with Crippen LogP contribution in [0, 0.1) is 5.92 Å². The Hall–Kier alpha value is -3.13. The van der Waals surface area contributed by atoms with Gasteiger partial charge in [-0.05, 0) is 43.2 Å². The summed E-state index contributed by atoms with van der Waals surface area (Å²) in [5.74, 6) is 0.443. The van der Waals surface area contributed by atoms with Crippen molar-refractivity contribution in [2.24, 2.45) is 13.0 Å². The van der Waals surface area contributed by atoms with Gasteiger partial charge in [0.05, 0.1) is 5.92 Å². The first-order valence-electron chi connectivity index (χ1n) is 11.4. The Morgan fingerprint density at radius 3 is 2.67 bits per heavy atom. The van der Waals surface area contributed by atoms with E-state index >= 15 is 0 Å². The van der Waals surface area contributed by atoms with Crippen molar-refractivity contribution in [1.82, 2.24) is 19.4 Å². The van der Waals surface area contributed by atoms with Crippen LogP contribution < -0.4 is 15.4 Å². The fraction of sp³-hybridized carbons (Fsp3) is 0.417. The van der Waals surface area contributed by atoms with Gasteiger partial charge in [0.2, 0.25) is 5.91 Å². The van der Waals surface area contributed by atoms with Crippen molar-refractivity contribution in [2.75, 3.05) is 49.1 Å². The van der Waals surface area contributed by atoms with Crippen LogP contribution >= 0.6 is 11.6 Å². The summed E-state index contributed by atoms with van der Waals surface area (Å²) in [7, 11) is 1.72. The van der Waals surface area contributed by atoms with Crippen molar-refractivity contribution in [3.05, 3.63) is 58.0 Å². The SMILES string of the molecule is Cn1c(=O)c(N2CCC[C@@H](C(=O)N3CCN(c4cccc(Cl)c4)CC3)C2)nc2cccnc21. The lowest BCUT2D eigenvalue weighted by molar-refractivity contribution is -0.136. The van der Waals surface area contributed by atoms with E-state index in [9.17, 15) is 9.59 Å². The highest BCUT2D eigenvalue weighted by Crippen LogP contribution is 2.25. The van der Waals surface area contributed by atoms with E-state index in [0.717, 1.165) is 43.2 Å². The molecule has 4 heterocycles. The summed E-state index contributed by atoms with van der Waals surface area (Å²) < 4.78 is 1.54. The number of anilines is 2. The second kappa shape index (κ2) is 9.02. The first kappa shape index (κ1) is 21.7. The van der Waals surface area contributed by atoms with Crippen molar-refractivity contribution in [2.45, 2.75) is 12.8 Å². The number of hydrogen-bond acceptors (Lipinski definition) is 6. The fourth-order valence-electron chi connectivity index (χ4n) is 4.84. The van der Waals surface area contributed by atoms with Gasteiger partial charge in [-0.15, -0.1) is 0 Å². The van der Waals surface area contributed by atoms with Crippen LogP contribution in [0.1, 0.15) is 12.8 Å². The summed E-state index contributed by atoms with van der Waals surface area (Å²) in [6.45, 7) is 4.17. The number of carbonyl (C=O) groups is 1. The standard InChI is InChI=1S/C24H27ClN6O2/c1-28-21-20(8-3-9-26-21)27-22(24(28)33)31-10-4-5-17(16-31)23(32)30-13-11-29(12-14-30)19-7-2-6-18(25)15-19/h2-3,6-9,15,17H,4-5,10-14,16H2,1H3/t17-/m1/s1. The van der Waals surface area contributed by atoms with Gasteiger partial charge in [0.25, 0.3) is 5.56 Å². The first-order chi connectivity index (χ1) is 16.0. The molecule has 0 saturated carbocycles. The largest absolute Gasteiger partial charge is 0.368 e. The molecule has 0 aliphatic carbocycles. The highest BCUT2D eigenvalue weighted by atomic mass is 35.5. The molecule has 1 atom stereocenters. The van der Waals surface area contributed by atoms with Crippen molar-refractivity contribution >= 4 is 40.2 Å². The van der Waals surface area contributed by atoms with Crippen LogP contribution in [-0.2, 0) is 11.8 Å². The molecule has 5 rings (SSSR count). The number of piperidine rings is 1. The van der Waals surface area contributed by atoms with Gasteiger partial charge in [-0.3, -0.25) is 14.2 Å². The Labute approximate surface area is 197 Å². The zero-order valence-electron chi connectivity index (χ0n) is 18.7.